The van der Waals surface area contributed by atoms with Crippen molar-refractivity contribution in [3.8, 4) is 0 Å². The minimum atomic E-state index is -0.101. The van der Waals surface area contributed by atoms with Gasteiger partial charge in [-0.05, 0) is 28.5 Å². The predicted octanol–water partition coefficient (Wildman–Crippen LogP) is 5.83. The molecule has 1 N–H and O–H groups in total. The van der Waals surface area contributed by atoms with Crippen LogP contribution in [0.25, 0.3) is 0 Å². The molecule has 0 atom stereocenters. The van der Waals surface area contributed by atoms with Gasteiger partial charge in [0.25, 0.3) is 5.56 Å². The van der Waals surface area contributed by atoms with Crippen LogP contribution in [0, 0.1) is 0 Å². The van der Waals surface area contributed by atoms with Gasteiger partial charge in [-0.25, -0.2) is 15.1 Å². The van der Waals surface area contributed by atoms with Gasteiger partial charge in [0.15, 0.2) is 0 Å². The Hall–Kier alpha value is -2.82. The summed E-state index contributed by atoms with van der Waals surface area (Å²) in [6.45, 7) is 19.0. The molecule has 0 saturated heterocycles. The Balaban J connectivity index is 0.000000233. The normalized spacial score (nSPS) is 11.5. The Morgan fingerprint density at radius 1 is 0.645 bits per heavy atom. The standard InChI is InChI=1S/C10H14.C8H12N2O.C8H12N2/c1-10(2,3)9-7-5-4-6-8-9;1-8(2,3)6-4-5-9-10-7(6)11;1-8(2,3)7-9-5-4-6-10-7/h4-8H,1-3H3;4-5H,1-3H3,(H,10,11);4-6H,1-3H3. The molecule has 31 heavy (non-hydrogen) atoms. The lowest BCUT2D eigenvalue weighted by molar-refractivity contribution is 0.545. The molecular formula is C26H38N4O. The van der Waals surface area contributed by atoms with Crippen LogP contribution in [0.5, 0.6) is 0 Å². The molecular weight excluding hydrogens is 384 g/mol. The highest BCUT2D eigenvalue weighted by molar-refractivity contribution is 5.22. The Labute approximate surface area is 187 Å². The molecule has 0 spiro atoms. The fourth-order valence-electron chi connectivity index (χ4n) is 2.56. The maximum absolute atomic E-state index is 11.1. The molecule has 168 valence electrons. The molecule has 0 unspecified atom stereocenters. The van der Waals surface area contributed by atoms with Crippen molar-refractivity contribution in [2.45, 2.75) is 78.6 Å². The third-order valence-corrected chi connectivity index (χ3v) is 4.41. The van der Waals surface area contributed by atoms with E-state index in [4.69, 9.17) is 0 Å². The third kappa shape index (κ3) is 9.69. The van der Waals surface area contributed by atoms with Gasteiger partial charge in [0, 0.05) is 29.6 Å². The Morgan fingerprint density at radius 3 is 1.52 bits per heavy atom. The van der Waals surface area contributed by atoms with E-state index in [0.29, 0.717) is 5.41 Å². The molecule has 2 aromatic heterocycles. The van der Waals surface area contributed by atoms with Crippen molar-refractivity contribution < 1.29 is 0 Å². The Kier molecular flexibility index (Phi) is 9.29. The molecule has 0 radical (unpaired) electrons. The predicted molar refractivity (Wildman–Crippen MR) is 129 cm³/mol. The van der Waals surface area contributed by atoms with Gasteiger partial charge < -0.3 is 0 Å². The SMILES string of the molecule is CC(C)(C)c1ccccc1.CC(C)(C)c1ccn[nH]c1=O.CC(C)(C)c1ncccn1. The topological polar surface area (TPSA) is 71.5 Å². The summed E-state index contributed by atoms with van der Waals surface area (Å²) in [5, 5.41) is 6.02. The van der Waals surface area contributed by atoms with E-state index in [1.165, 1.54) is 5.56 Å². The molecule has 0 amide bonds. The van der Waals surface area contributed by atoms with Crippen molar-refractivity contribution in [2.75, 3.05) is 0 Å². The molecule has 0 saturated carbocycles. The molecule has 0 bridgehead atoms. The summed E-state index contributed by atoms with van der Waals surface area (Å²) >= 11 is 0. The number of aromatic nitrogens is 4. The zero-order valence-electron chi connectivity index (χ0n) is 20.5. The first kappa shape index (κ1) is 26.2. The van der Waals surface area contributed by atoms with Gasteiger partial charge in [-0.3, -0.25) is 4.79 Å². The van der Waals surface area contributed by atoms with Crippen LogP contribution < -0.4 is 5.56 Å². The van der Waals surface area contributed by atoms with Crippen LogP contribution in [0.3, 0.4) is 0 Å². The van der Waals surface area contributed by atoms with Crippen LogP contribution in [0.1, 0.15) is 79.3 Å². The summed E-state index contributed by atoms with van der Waals surface area (Å²) in [4.78, 5) is 19.4. The monoisotopic (exact) mass is 422 g/mol. The molecule has 1 aromatic carbocycles. The van der Waals surface area contributed by atoms with Crippen molar-refractivity contribution >= 4 is 0 Å². The number of rotatable bonds is 0. The molecule has 2 heterocycles. The quantitative estimate of drug-likeness (QED) is 0.495. The van der Waals surface area contributed by atoms with Crippen molar-refractivity contribution in [2.24, 2.45) is 0 Å². The summed E-state index contributed by atoms with van der Waals surface area (Å²) < 4.78 is 0. The number of nitrogens with one attached hydrogen (secondary N) is 1. The highest BCUT2D eigenvalue weighted by Gasteiger charge is 2.17. The fourth-order valence-corrected chi connectivity index (χ4v) is 2.56. The van der Waals surface area contributed by atoms with Crippen LogP contribution in [0.15, 0.2) is 65.8 Å². The van der Waals surface area contributed by atoms with E-state index in [1.807, 2.05) is 26.8 Å². The van der Waals surface area contributed by atoms with Gasteiger partial charge in [-0.2, -0.15) is 5.10 Å². The average Bonchev–Trinajstić information content (AvgIpc) is 2.69. The van der Waals surface area contributed by atoms with Crippen LogP contribution in [-0.2, 0) is 16.2 Å². The van der Waals surface area contributed by atoms with E-state index in [1.54, 1.807) is 24.7 Å². The van der Waals surface area contributed by atoms with E-state index in [0.717, 1.165) is 11.4 Å². The van der Waals surface area contributed by atoms with Gasteiger partial charge in [0.05, 0.1) is 0 Å². The molecule has 5 nitrogen and oxygen atoms in total. The lowest BCUT2D eigenvalue weighted by Gasteiger charge is -2.18. The Morgan fingerprint density at radius 2 is 1.19 bits per heavy atom. The molecule has 3 rings (SSSR count). The second kappa shape index (κ2) is 11.0. The molecule has 0 fully saturated rings. The second-order valence-electron chi connectivity index (χ2n) is 10.5. The molecule has 3 aromatic rings. The number of hydrogen-bond donors (Lipinski definition) is 1. The van der Waals surface area contributed by atoms with Gasteiger partial charge in [-0.1, -0.05) is 92.6 Å². The largest absolute Gasteiger partial charge is 0.268 e. The minimum absolute atomic E-state index is 0.0707. The third-order valence-electron chi connectivity index (χ3n) is 4.41. The number of aromatic amines is 1. The van der Waals surface area contributed by atoms with Crippen molar-refractivity contribution in [1.82, 2.24) is 20.2 Å². The first-order valence-electron chi connectivity index (χ1n) is 10.6. The second-order valence-corrected chi connectivity index (χ2v) is 10.5. The minimum Gasteiger partial charge on any atom is -0.268 e. The zero-order valence-corrected chi connectivity index (χ0v) is 20.5. The van der Waals surface area contributed by atoms with Crippen LogP contribution in [0.4, 0.5) is 0 Å². The van der Waals surface area contributed by atoms with E-state index >= 15 is 0 Å². The van der Waals surface area contributed by atoms with Gasteiger partial charge in [0.1, 0.15) is 5.82 Å². The van der Waals surface area contributed by atoms with Crippen molar-refractivity contribution in [3.63, 3.8) is 0 Å². The average molecular weight is 423 g/mol. The first-order chi connectivity index (χ1) is 14.2. The number of hydrogen-bond acceptors (Lipinski definition) is 4. The highest BCUT2D eigenvalue weighted by atomic mass is 16.1. The number of benzene rings is 1. The fraction of sp³-hybridized carbons (Fsp3) is 0.462. The van der Waals surface area contributed by atoms with E-state index < -0.39 is 0 Å². The van der Waals surface area contributed by atoms with Gasteiger partial charge in [0.2, 0.25) is 0 Å². The first-order valence-corrected chi connectivity index (χ1v) is 10.6. The lowest BCUT2D eigenvalue weighted by atomic mass is 9.87. The van der Waals surface area contributed by atoms with E-state index in [-0.39, 0.29) is 16.4 Å². The van der Waals surface area contributed by atoms with Crippen LogP contribution in [0.2, 0.25) is 0 Å². The van der Waals surface area contributed by atoms with Gasteiger partial charge >= 0.3 is 0 Å². The smallest absolute Gasteiger partial charge is 0.267 e. The highest BCUT2D eigenvalue weighted by Crippen LogP contribution is 2.20. The van der Waals surface area contributed by atoms with E-state index in [9.17, 15) is 4.79 Å². The summed E-state index contributed by atoms with van der Waals surface area (Å²) in [7, 11) is 0. The number of H-pyrrole nitrogens is 1. The maximum atomic E-state index is 11.1. The molecule has 0 aliphatic rings. The number of nitrogens with zero attached hydrogens (tertiary/aromatic N) is 3. The zero-order chi connectivity index (χ0) is 23.7. The Bertz CT molecular complexity index is 895. The van der Waals surface area contributed by atoms with Crippen molar-refractivity contribution in [3.05, 3.63) is 88.4 Å². The van der Waals surface area contributed by atoms with Crippen LogP contribution >= 0.6 is 0 Å². The summed E-state index contributed by atoms with van der Waals surface area (Å²) in [6, 6.07) is 14.1. The molecule has 0 aliphatic carbocycles. The van der Waals surface area contributed by atoms with E-state index in [2.05, 4.69) is 92.0 Å². The molecule has 5 heteroatoms. The van der Waals surface area contributed by atoms with Gasteiger partial charge in [-0.15, -0.1) is 0 Å². The summed E-state index contributed by atoms with van der Waals surface area (Å²) in [5.41, 5.74) is 2.33. The lowest BCUT2D eigenvalue weighted by Crippen LogP contribution is -2.24. The summed E-state index contributed by atoms with van der Waals surface area (Å²) in [6.07, 6.45) is 5.14. The van der Waals surface area contributed by atoms with Crippen LogP contribution in [-0.4, -0.2) is 20.2 Å². The maximum Gasteiger partial charge on any atom is 0.267 e. The summed E-state index contributed by atoms with van der Waals surface area (Å²) in [5.74, 6) is 0.898. The van der Waals surface area contributed by atoms with Crippen molar-refractivity contribution in [1.29, 1.82) is 0 Å². The molecule has 0 aliphatic heterocycles.